The minimum Gasteiger partial charge on any atom is -0.396 e. The maximum atomic E-state index is 9.11. The lowest BCUT2D eigenvalue weighted by molar-refractivity contribution is 0.298. The third-order valence-electron chi connectivity index (χ3n) is 5.78. The second kappa shape index (κ2) is 9.55. The summed E-state index contributed by atoms with van der Waals surface area (Å²) in [6.45, 7) is 6.36. The fourth-order valence-electron chi connectivity index (χ4n) is 3.72. The number of halogens is 1. The van der Waals surface area contributed by atoms with Crippen molar-refractivity contribution in [1.82, 2.24) is 15.0 Å². The summed E-state index contributed by atoms with van der Waals surface area (Å²) in [7, 11) is 0. The van der Waals surface area contributed by atoms with Gasteiger partial charge in [-0.05, 0) is 91.4 Å². The minimum atomic E-state index is 0.0683. The molecule has 0 saturated carbocycles. The van der Waals surface area contributed by atoms with Crippen LogP contribution in [-0.4, -0.2) is 26.7 Å². The zero-order valence-electron chi connectivity index (χ0n) is 18.6. The van der Waals surface area contributed by atoms with Crippen molar-refractivity contribution in [2.45, 2.75) is 33.6 Å². The minimum absolute atomic E-state index is 0.0683. The Hall–Kier alpha value is -3.15. The second-order valence-electron chi connectivity index (χ2n) is 8.09. The molecule has 3 aromatic carbocycles. The molecule has 4 aromatic rings. The van der Waals surface area contributed by atoms with Crippen LogP contribution in [0.2, 0.25) is 5.02 Å². The van der Waals surface area contributed by atoms with Crippen molar-refractivity contribution in [3.8, 4) is 5.69 Å². The average molecular weight is 447 g/mol. The van der Waals surface area contributed by atoms with Gasteiger partial charge in [-0.2, -0.15) is 0 Å². The molecule has 0 unspecified atom stereocenters. The molecule has 0 saturated heterocycles. The van der Waals surface area contributed by atoms with Gasteiger partial charge in [0.1, 0.15) is 0 Å². The van der Waals surface area contributed by atoms with Gasteiger partial charge in [0.15, 0.2) is 0 Å². The number of aromatic nitrogens is 3. The summed E-state index contributed by atoms with van der Waals surface area (Å²) in [5.74, 6) is 0. The molecule has 1 heterocycles. The molecule has 1 aromatic heterocycles. The number of nitrogens with one attached hydrogen (secondary N) is 1. The van der Waals surface area contributed by atoms with Gasteiger partial charge in [-0.15, -0.1) is 5.10 Å². The average Bonchev–Trinajstić information content (AvgIpc) is 3.24. The van der Waals surface area contributed by atoms with Crippen LogP contribution in [0, 0.1) is 20.8 Å². The lowest BCUT2D eigenvalue weighted by Crippen LogP contribution is -2.01. The molecule has 0 spiro atoms. The number of hydrogen-bond donors (Lipinski definition) is 2. The van der Waals surface area contributed by atoms with E-state index in [1.165, 1.54) is 22.3 Å². The number of aryl methyl sites for hydroxylation is 2. The first-order valence-corrected chi connectivity index (χ1v) is 11.1. The monoisotopic (exact) mass is 446 g/mol. The summed E-state index contributed by atoms with van der Waals surface area (Å²) in [5.41, 5.74) is 9.83. The maximum Gasteiger partial charge on any atom is 0.0854 e. The number of rotatable bonds is 7. The van der Waals surface area contributed by atoms with Crippen LogP contribution < -0.4 is 5.32 Å². The van der Waals surface area contributed by atoms with Gasteiger partial charge in [0.05, 0.1) is 17.6 Å². The van der Waals surface area contributed by atoms with Crippen molar-refractivity contribution >= 4 is 23.0 Å². The molecule has 0 aliphatic rings. The summed E-state index contributed by atoms with van der Waals surface area (Å²) in [6.07, 6.45) is 3.21. The van der Waals surface area contributed by atoms with E-state index in [2.05, 4.69) is 59.8 Å². The van der Waals surface area contributed by atoms with E-state index in [1.54, 1.807) is 4.68 Å². The predicted octanol–water partition coefficient (Wildman–Crippen LogP) is 5.72. The summed E-state index contributed by atoms with van der Waals surface area (Å²) in [4.78, 5) is 0. The third kappa shape index (κ3) is 4.85. The van der Waals surface area contributed by atoms with E-state index in [0.29, 0.717) is 6.42 Å². The molecule has 0 fully saturated rings. The Morgan fingerprint density at radius 2 is 1.81 bits per heavy atom. The highest BCUT2D eigenvalue weighted by atomic mass is 35.5. The molecule has 164 valence electrons. The summed E-state index contributed by atoms with van der Waals surface area (Å²) in [6, 6.07) is 18.7. The first kappa shape index (κ1) is 22.1. The van der Waals surface area contributed by atoms with Gasteiger partial charge >= 0.3 is 0 Å². The lowest BCUT2D eigenvalue weighted by atomic mass is 9.96. The van der Waals surface area contributed by atoms with Crippen LogP contribution >= 0.6 is 11.6 Å². The smallest absolute Gasteiger partial charge is 0.0854 e. The molecule has 0 atom stereocenters. The van der Waals surface area contributed by atoms with Gasteiger partial charge in [-0.1, -0.05) is 35.0 Å². The van der Waals surface area contributed by atoms with Crippen molar-refractivity contribution in [1.29, 1.82) is 0 Å². The van der Waals surface area contributed by atoms with E-state index in [0.717, 1.165) is 39.8 Å². The van der Waals surface area contributed by atoms with Gasteiger partial charge in [-0.25, -0.2) is 4.68 Å². The van der Waals surface area contributed by atoms with Crippen LogP contribution in [0.25, 0.3) is 5.69 Å². The molecule has 5 nitrogen and oxygen atoms in total. The molecular formula is C26H27ClN4O. The molecule has 2 N–H and O–H groups in total. The fourth-order valence-corrected chi connectivity index (χ4v) is 3.89. The summed E-state index contributed by atoms with van der Waals surface area (Å²) in [5, 5.41) is 21.7. The van der Waals surface area contributed by atoms with E-state index in [9.17, 15) is 0 Å². The molecule has 0 bridgehead atoms. The van der Waals surface area contributed by atoms with E-state index >= 15 is 0 Å². The number of aliphatic hydroxyl groups is 1. The molecule has 0 radical (unpaired) electrons. The van der Waals surface area contributed by atoms with Crippen LogP contribution in [0.4, 0.5) is 11.4 Å². The highest BCUT2D eigenvalue weighted by Gasteiger charge is 2.09. The summed E-state index contributed by atoms with van der Waals surface area (Å²) >= 11 is 6.25. The number of aliphatic hydroxyl groups excluding tert-OH is 1. The molecule has 32 heavy (non-hydrogen) atoms. The zero-order valence-corrected chi connectivity index (χ0v) is 19.3. The second-order valence-corrected chi connectivity index (χ2v) is 8.50. The lowest BCUT2D eigenvalue weighted by Gasteiger charge is -2.14. The Morgan fingerprint density at radius 1 is 0.969 bits per heavy atom. The van der Waals surface area contributed by atoms with Gasteiger partial charge < -0.3 is 10.4 Å². The van der Waals surface area contributed by atoms with Crippen molar-refractivity contribution in [2.75, 3.05) is 11.9 Å². The van der Waals surface area contributed by atoms with Gasteiger partial charge in [0, 0.05) is 29.4 Å². The maximum absolute atomic E-state index is 9.11. The van der Waals surface area contributed by atoms with Crippen LogP contribution in [-0.2, 0) is 12.8 Å². The van der Waals surface area contributed by atoms with Crippen LogP contribution in [0.5, 0.6) is 0 Å². The first-order valence-electron chi connectivity index (χ1n) is 10.7. The Labute approximate surface area is 193 Å². The Morgan fingerprint density at radius 3 is 2.59 bits per heavy atom. The van der Waals surface area contributed by atoms with E-state index in [1.807, 2.05) is 37.4 Å². The third-order valence-corrected chi connectivity index (χ3v) is 6.19. The van der Waals surface area contributed by atoms with Gasteiger partial charge in [0.25, 0.3) is 0 Å². The quantitative estimate of drug-likeness (QED) is 0.381. The van der Waals surface area contributed by atoms with E-state index in [-0.39, 0.29) is 6.61 Å². The molecule has 0 aliphatic carbocycles. The first-order chi connectivity index (χ1) is 15.4. The molecule has 4 rings (SSSR count). The zero-order chi connectivity index (χ0) is 22.7. The van der Waals surface area contributed by atoms with E-state index in [4.69, 9.17) is 16.7 Å². The van der Waals surface area contributed by atoms with Crippen LogP contribution in [0.3, 0.4) is 0 Å². The van der Waals surface area contributed by atoms with Gasteiger partial charge in [0.2, 0.25) is 0 Å². The highest BCUT2D eigenvalue weighted by Crippen LogP contribution is 2.28. The van der Waals surface area contributed by atoms with Crippen LogP contribution in [0.15, 0.2) is 60.8 Å². The van der Waals surface area contributed by atoms with Crippen molar-refractivity contribution in [3.63, 3.8) is 0 Å². The van der Waals surface area contributed by atoms with Crippen molar-refractivity contribution < 1.29 is 5.11 Å². The Kier molecular flexibility index (Phi) is 6.58. The van der Waals surface area contributed by atoms with Gasteiger partial charge in [-0.3, -0.25) is 0 Å². The SMILES string of the molecule is Cc1cc(Nc2cccc(Cl)c2C)ccc1Cc1cc(-n2cc(CCO)nn2)ccc1C. The van der Waals surface area contributed by atoms with Crippen LogP contribution in [0.1, 0.15) is 33.5 Å². The molecule has 0 amide bonds. The normalized spacial score (nSPS) is 11.0. The predicted molar refractivity (Wildman–Crippen MR) is 130 cm³/mol. The van der Waals surface area contributed by atoms with Crippen molar-refractivity contribution in [3.05, 3.63) is 99.3 Å². The molecular weight excluding hydrogens is 420 g/mol. The standard InChI is InChI=1S/C26H27ClN4O/c1-17-7-10-24(31-16-23(11-12-32)29-30-31)15-21(17)14-20-8-9-22(13-18(20)2)28-26-6-4-5-25(27)19(26)3/h4-10,13,15-16,28,32H,11-12,14H2,1-3H3. The molecule has 0 aliphatic heterocycles. The number of anilines is 2. The number of nitrogens with zero attached hydrogens (tertiary/aromatic N) is 3. The molecule has 6 heteroatoms. The highest BCUT2D eigenvalue weighted by molar-refractivity contribution is 6.31. The van der Waals surface area contributed by atoms with Crippen molar-refractivity contribution in [2.24, 2.45) is 0 Å². The Balaban J connectivity index is 1.55. The topological polar surface area (TPSA) is 63.0 Å². The fraction of sp³-hybridized carbons (Fsp3) is 0.231. The largest absolute Gasteiger partial charge is 0.396 e. The Bertz CT molecular complexity index is 1250. The van der Waals surface area contributed by atoms with E-state index < -0.39 is 0 Å². The number of hydrogen-bond acceptors (Lipinski definition) is 4. The number of benzene rings is 3. The summed E-state index contributed by atoms with van der Waals surface area (Å²) < 4.78 is 1.77.